The van der Waals surface area contributed by atoms with Gasteiger partial charge in [-0.1, -0.05) is 11.6 Å². The number of fused-ring (bicyclic) bond motifs is 1. The lowest BCUT2D eigenvalue weighted by molar-refractivity contribution is -0.127. The Morgan fingerprint density at radius 1 is 1.24 bits per heavy atom. The number of hydrogen-bond donors (Lipinski definition) is 2. The normalized spacial score (nSPS) is 15.1. The van der Waals surface area contributed by atoms with Gasteiger partial charge in [0.15, 0.2) is 0 Å². The SMILES string of the molecule is CCN1C(=O)C(C)(C)COc2cc(NC(=O)Nc3cc(Cl)ccc3OC)ccc21. The number of carbonyl (C=O) groups is 2. The van der Waals surface area contributed by atoms with Gasteiger partial charge >= 0.3 is 6.03 Å². The maximum Gasteiger partial charge on any atom is 0.323 e. The summed E-state index contributed by atoms with van der Waals surface area (Å²) >= 11 is 6.00. The highest BCUT2D eigenvalue weighted by Gasteiger charge is 2.37. The number of rotatable bonds is 4. The van der Waals surface area contributed by atoms with Gasteiger partial charge in [0.1, 0.15) is 18.1 Å². The van der Waals surface area contributed by atoms with Crippen molar-refractivity contribution in [3.63, 3.8) is 0 Å². The standard InChI is InChI=1S/C21H24ClN3O4/c1-5-25-16-8-7-14(11-18(16)29-12-21(2,3)19(25)26)23-20(27)24-15-10-13(22)6-9-17(15)28-4/h6-11H,5,12H2,1-4H3,(H2,23,24,27). The minimum absolute atomic E-state index is 0.00486. The van der Waals surface area contributed by atoms with Crippen LogP contribution in [0.4, 0.5) is 21.9 Å². The fourth-order valence-electron chi connectivity index (χ4n) is 3.10. The molecular weight excluding hydrogens is 394 g/mol. The zero-order chi connectivity index (χ0) is 21.2. The van der Waals surface area contributed by atoms with Crippen LogP contribution >= 0.6 is 11.6 Å². The smallest absolute Gasteiger partial charge is 0.323 e. The minimum Gasteiger partial charge on any atom is -0.495 e. The van der Waals surface area contributed by atoms with Gasteiger partial charge in [0, 0.05) is 23.3 Å². The summed E-state index contributed by atoms with van der Waals surface area (Å²) in [7, 11) is 1.51. The molecule has 3 rings (SSSR count). The first-order valence-corrected chi connectivity index (χ1v) is 9.63. The third-order valence-corrected chi connectivity index (χ3v) is 4.88. The summed E-state index contributed by atoms with van der Waals surface area (Å²) in [6.45, 7) is 6.41. The van der Waals surface area contributed by atoms with Gasteiger partial charge < -0.3 is 25.0 Å². The Morgan fingerprint density at radius 2 is 2.00 bits per heavy atom. The Bertz CT molecular complexity index is 946. The molecule has 154 valence electrons. The molecule has 2 N–H and O–H groups in total. The van der Waals surface area contributed by atoms with Gasteiger partial charge in [0.25, 0.3) is 0 Å². The first-order chi connectivity index (χ1) is 13.7. The summed E-state index contributed by atoms with van der Waals surface area (Å²) in [5.74, 6) is 1.04. The fraction of sp³-hybridized carbons (Fsp3) is 0.333. The Kier molecular flexibility index (Phi) is 5.88. The number of nitrogens with zero attached hydrogens (tertiary/aromatic N) is 1. The van der Waals surface area contributed by atoms with E-state index in [0.717, 1.165) is 0 Å². The van der Waals surface area contributed by atoms with Crippen LogP contribution in [0.15, 0.2) is 36.4 Å². The van der Waals surface area contributed by atoms with Crippen molar-refractivity contribution in [1.82, 2.24) is 0 Å². The van der Waals surface area contributed by atoms with E-state index in [-0.39, 0.29) is 12.5 Å². The predicted octanol–water partition coefficient (Wildman–Crippen LogP) is 4.76. The summed E-state index contributed by atoms with van der Waals surface area (Å²) < 4.78 is 11.1. The number of amides is 3. The van der Waals surface area contributed by atoms with E-state index in [1.54, 1.807) is 41.3 Å². The molecule has 0 atom stereocenters. The lowest BCUT2D eigenvalue weighted by Crippen LogP contribution is -2.42. The largest absolute Gasteiger partial charge is 0.495 e. The molecule has 29 heavy (non-hydrogen) atoms. The van der Waals surface area contributed by atoms with Crippen molar-refractivity contribution in [1.29, 1.82) is 0 Å². The van der Waals surface area contributed by atoms with Gasteiger partial charge in [-0.3, -0.25) is 4.79 Å². The average Bonchev–Trinajstić information content (AvgIpc) is 2.76. The van der Waals surface area contributed by atoms with Gasteiger partial charge in [-0.05, 0) is 51.1 Å². The van der Waals surface area contributed by atoms with E-state index in [2.05, 4.69) is 10.6 Å². The summed E-state index contributed by atoms with van der Waals surface area (Å²) in [6, 6.07) is 9.71. The zero-order valence-electron chi connectivity index (χ0n) is 16.8. The molecule has 0 spiro atoms. The number of nitrogens with one attached hydrogen (secondary N) is 2. The van der Waals surface area contributed by atoms with Gasteiger partial charge in [0.05, 0.1) is 23.9 Å². The summed E-state index contributed by atoms with van der Waals surface area (Å²) in [5.41, 5.74) is 1.03. The molecule has 0 saturated carbocycles. The van der Waals surface area contributed by atoms with Crippen LogP contribution in [-0.2, 0) is 4.79 Å². The van der Waals surface area contributed by atoms with E-state index in [0.29, 0.717) is 40.1 Å². The summed E-state index contributed by atoms with van der Waals surface area (Å²) in [5, 5.41) is 5.96. The Labute approximate surface area is 174 Å². The highest BCUT2D eigenvalue weighted by atomic mass is 35.5. The van der Waals surface area contributed by atoms with Crippen LogP contribution in [0, 0.1) is 5.41 Å². The molecule has 1 heterocycles. The lowest BCUT2D eigenvalue weighted by atomic mass is 9.93. The highest BCUT2D eigenvalue weighted by molar-refractivity contribution is 6.31. The fourth-order valence-corrected chi connectivity index (χ4v) is 3.27. The quantitative estimate of drug-likeness (QED) is 0.751. The molecule has 1 aliphatic rings. The molecule has 0 aliphatic carbocycles. The van der Waals surface area contributed by atoms with E-state index in [1.165, 1.54) is 7.11 Å². The molecule has 3 amide bonds. The molecule has 8 heteroatoms. The van der Waals surface area contributed by atoms with Crippen LogP contribution in [0.3, 0.4) is 0 Å². The molecule has 0 aromatic heterocycles. The van der Waals surface area contributed by atoms with E-state index in [1.807, 2.05) is 20.8 Å². The van der Waals surface area contributed by atoms with E-state index >= 15 is 0 Å². The van der Waals surface area contributed by atoms with Crippen LogP contribution in [0.25, 0.3) is 0 Å². The van der Waals surface area contributed by atoms with Crippen LogP contribution in [-0.4, -0.2) is 32.2 Å². The predicted molar refractivity (Wildman–Crippen MR) is 114 cm³/mol. The van der Waals surface area contributed by atoms with Crippen molar-refractivity contribution in [2.45, 2.75) is 20.8 Å². The molecule has 0 saturated heterocycles. The second-order valence-electron chi connectivity index (χ2n) is 7.33. The number of urea groups is 1. The first-order valence-electron chi connectivity index (χ1n) is 9.25. The van der Waals surface area contributed by atoms with Crippen molar-refractivity contribution in [2.24, 2.45) is 5.41 Å². The van der Waals surface area contributed by atoms with Gasteiger partial charge in [-0.2, -0.15) is 0 Å². The van der Waals surface area contributed by atoms with Crippen molar-refractivity contribution >= 4 is 40.6 Å². The number of benzene rings is 2. The molecule has 2 aromatic carbocycles. The molecule has 7 nitrogen and oxygen atoms in total. The number of hydrogen-bond acceptors (Lipinski definition) is 4. The van der Waals surface area contributed by atoms with E-state index < -0.39 is 11.4 Å². The van der Waals surface area contributed by atoms with Crippen molar-refractivity contribution in [2.75, 3.05) is 35.8 Å². The molecule has 1 aliphatic heterocycles. The van der Waals surface area contributed by atoms with Crippen molar-refractivity contribution in [3.05, 3.63) is 41.4 Å². The Hall–Kier alpha value is -2.93. The second-order valence-corrected chi connectivity index (χ2v) is 7.76. The molecule has 2 aromatic rings. The number of anilines is 3. The van der Waals surface area contributed by atoms with Crippen molar-refractivity contribution in [3.8, 4) is 11.5 Å². The second kappa shape index (κ2) is 8.21. The Morgan fingerprint density at radius 3 is 2.69 bits per heavy atom. The lowest BCUT2D eigenvalue weighted by Gasteiger charge is -2.26. The molecular formula is C21H24ClN3O4. The number of methoxy groups -OCH3 is 1. The number of carbonyl (C=O) groups excluding carboxylic acids is 2. The third kappa shape index (κ3) is 4.40. The molecule has 0 fully saturated rings. The van der Waals surface area contributed by atoms with Crippen LogP contribution in [0.5, 0.6) is 11.5 Å². The minimum atomic E-state index is -0.636. The first kappa shape index (κ1) is 20.8. The van der Waals surface area contributed by atoms with Gasteiger partial charge in [0.2, 0.25) is 5.91 Å². The van der Waals surface area contributed by atoms with E-state index in [4.69, 9.17) is 21.1 Å². The topological polar surface area (TPSA) is 79.9 Å². The monoisotopic (exact) mass is 417 g/mol. The van der Waals surface area contributed by atoms with Crippen LogP contribution < -0.4 is 25.0 Å². The van der Waals surface area contributed by atoms with Gasteiger partial charge in [-0.15, -0.1) is 0 Å². The maximum atomic E-state index is 12.8. The highest BCUT2D eigenvalue weighted by Crippen LogP contribution is 2.38. The van der Waals surface area contributed by atoms with E-state index in [9.17, 15) is 9.59 Å². The van der Waals surface area contributed by atoms with Crippen LogP contribution in [0.2, 0.25) is 5.02 Å². The number of halogens is 1. The zero-order valence-corrected chi connectivity index (χ0v) is 17.6. The third-order valence-electron chi connectivity index (χ3n) is 4.65. The number of ether oxygens (including phenoxy) is 2. The van der Waals surface area contributed by atoms with Crippen LogP contribution in [0.1, 0.15) is 20.8 Å². The summed E-state index contributed by atoms with van der Waals surface area (Å²) in [4.78, 5) is 26.9. The summed E-state index contributed by atoms with van der Waals surface area (Å²) in [6.07, 6.45) is 0. The molecule has 0 radical (unpaired) electrons. The maximum absolute atomic E-state index is 12.8. The molecule has 0 unspecified atom stereocenters. The average molecular weight is 418 g/mol. The van der Waals surface area contributed by atoms with Gasteiger partial charge in [-0.25, -0.2) is 4.79 Å². The van der Waals surface area contributed by atoms with Crippen molar-refractivity contribution < 1.29 is 19.1 Å². The Balaban J connectivity index is 1.80. The molecule has 0 bridgehead atoms.